The molecule has 2 aliphatic heterocycles. The van der Waals surface area contributed by atoms with Crippen molar-refractivity contribution in [2.24, 2.45) is 9.98 Å². The summed E-state index contributed by atoms with van der Waals surface area (Å²) >= 11 is 3.54. The highest BCUT2D eigenvalue weighted by Crippen LogP contribution is 2.33. The van der Waals surface area contributed by atoms with Crippen molar-refractivity contribution in [3.05, 3.63) is 76.0 Å². The topological polar surface area (TPSA) is 48.3 Å². The molecule has 0 radical (unpaired) electrons. The largest absolute Gasteiger partial charge is 0.382 e. The van der Waals surface area contributed by atoms with Gasteiger partial charge < -0.3 is 4.90 Å². The van der Waals surface area contributed by atoms with Crippen molar-refractivity contribution in [3.63, 3.8) is 0 Å². The summed E-state index contributed by atoms with van der Waals surface area (Å²) in [6.07, 6.45) is 1.74. The predicted octanol–water partition coefficient (Wildman–Crippen LogP) is 3.45. The van der Waals surface area contributed by atoms with E-state index in [4.69, 9.17) is 4.99 Å². The zero-order chi connectivity index (χ0) is 18.3. The molecule has 2 heterocycles. The molecule has 2 aromatic rings. The molecule has 5 nitrogen and oxygen atoms in total. The Morgan fingerprint density at radius 2 is 1.92 bits per heavy atom. The second-order valence-electron chi connectivity index (χ2n) is 6.34. The molecule has 0 saturated carbocycles. The Morgan fingerprint density at radius 3 is 2.65 bits per heavy atom. The van der Waals surface area contributed by atoms with E-state index in [9.17, 15) is 4.79 Å². The molecule has 0 fully saturated rings. The third-order valence-corrected chi connectivity index (χ3v) is 4.68. The summed E-state index contributed by atoms with van der Waals surface area (Å²) in [5.74, 6) is 0.527. The van der Waals surface area contributed by atoms with Crippen molar-refractivity contribution in [1.29, 1.82) is 0 Å². The minimum Gasteiger partial charge on any atom is -0.382 e. The number of nitrogens with zero attached hydrogens (tertiary/aromatic N) is 4. The molecule has 0 bridgehead atoms. The van der Waals surface area contributed by atoms with Gasteiger partial charge in [-0.15, -0.1) is 0 Å². The van der Waals surface area contributed by atoms with Crippen LogP contribution in [0.3, 0.4) is 0 Å². The number of fused-ring (bicyclic) bond motifs is 3. The molecular weight excluding hydrogens is 392 g/mol. The van der Waals surface area contributed by atoms with Gasteiger partial charge in [0.15, 0.2) is 0 Å². The van der Waals surface area contributed by atoms with Crippen molar-refractivity contribution >= 4 is 39.1 Å². The van der Waals surface area contributed by atoms with Gasteiger partial charge in [-0.25, -0.2) is 4.99 Å². The molecule has 2 aromatic carbocycles. The lowest BCUT2D eigenvalue weighted by molar-refractivity contribution is -0.114. The summed E-state index contributed by atoms with van der Waals surface area (Å²) in [6, 6.07) is 15.9. The van der Waals surface area contributed by atoms with Crippen LogP contribution in [-0.2, 0) is 4.79 Å². The highest BCUT2D eigenvalue weighted by atomic mass is 79.9. The Kier molecular flexibility index (Phi) is 4.20. The molecule has 130 valence electrons. The molecule has 0 N–H and O–H groups in total. The molecular formula is C20H17BrN4O. The van der Waals surface area contributed by atoms with Crippen molar-refractivity contribution in [1.82, 2.24) is 4.90 Å². The van der Waals surface area contributed by atoms with Gasteiger partial charge >= 0.3 is 0 Å². The fourth-order valence-electron chi connectivity index (χ4n) is 3.12. The van der Waals surface area contributed by atoms with Crippen LogP contribution >= 0.6 is 15.9 Å². The van der Waals surface area contributed by atoms with Crippen molar-refractivity contribution in [2.45, 2.75) is 0 Å². The number of carbonyl (C=O) groups excluding carboxylic acids is 1. The van der Waals surface area contributed by atoms with Gasteiger partial charge in [-0.2, -0.15) is 0 Å². The third kappa shape index (κ3) is 2.86. The average molecular weight is 409 g/mol. The molecule has 0 aromatic heterocycles. The van der Waals surface area contributed by atoms with E-state index in [1.54, 1.807) is 11.1 Å². The normalized spacial score (nSPS) is 17.4. The van der Waals surface area contributed by atoms with Crippen LogP contribution < -0.4 is 4.90 Å². The monoisotopic (exact) mass is 408 g/mol. The Bertz CT molecular complexity index is 977. The summed E-state index contributed by atoms with van der Waals surface area (Å²) in [7, 11) is 3.75. The number of amides is 1. The lowest BCUT2D eigenvalue weighted by Gasteiger charge is -2.19. The van der Waals surface area contributed by atoms with Gasteiger partial charge in [0, 0.05) is 35.9 Å². The summed E-state index contributed by atoms with van der Waals surface area (Å²) in [6.45, 7) is 0.354. The highest BCUT2D eigenvalue weighted by molar-refractivity contribution is 9.10. The Labute approximate surface area is 160 Å². The number of anilines is 1. The number of amidine groups is 1. The number of benzene rings is 2. The first-order valence-electron chi connectivity index (χ1n) is 8.24. The molecule has 0 aliphatic carbocycles. The van der Waals surface area contributed by atoms with E-state index in [1.807, 2.05) is 67.5 Å². The minimum absolute atomic E-state index is 0.123. The van der Waals surface area contributed by atoms with Crippen LogP contribution in [-0.4, -0.2) is 43.0 Å². The third-order valence-electron chi connectivity index (χ3n) is 4.19. The molecule has 0 saturated heterocycles. The van der Waals surface area contributed by atoms with Crippen LogP contribution in [0.2, 0.25) is 0 Å². The van der Waals surface area contributed by atoms with Gasteiger partial charge in [-0.1, -0.05) is 46.3 Å². The number of hydrogen-bond donors (Lipinski definition) is 0. The van der Waals surface area contributed by atoms with Gasteiger partial charge in [-0.05, 0) is 18.2 Å². The van der Waals surface area contributed by atoms with Gasteiger partial charge in [0.1, 0.15) is 11.5 Å². The average Bonchev–Trinajstić information content (AvgIpc) is 2.82. The first kappa shape index (κ1) is 16.7. The molecule has 1 amide bonds. The standard InChI is InChI=1S/C20H17BrN4O/c1-24(2)12-16-20(26)25-17-9-8-14(21)10-15(17)19(22-11-18(25)23-16)13-6-4-3-5-7-13/h3-10,12H,11H2,1-2H3/b16-12-. The van der Waals surface area contributed by atoms with Gasteiger partial charge in [-0.3, -0.25) is 14.7 Å². The Balaban J connectivity index is 1.91. The van der Waals surface area contributed by atoms with E-state index < -0.39 is 0 Å². The zero-order valence-corrected chi connectivity index (χ0v) is 16.1. The van der Waals surface area contributed by atoms with Crippen molar-refractivity contribution in [2.75, 3.05) is 25.5 Å². The lowest BCUT2D eigenvalue weighted by atomic mass is 10.0. The fraction of sp³-hybridized carbons (Fsp3) is 0.150. The molecule has 0 unspecified atom stereocenters. The van der Waals surface area contributed by atoms with E-state index in [-0.39, 0.29) is 5.91 Å². The fourth-order valence-corrected chi connectivity index (χ4v) is 3.48. The number of carbonyl (C=O) groups is 1. The maximum absolute atomic E-state index is 13.0. The molecule has 26 heavy (non-hydrogen) atoms. The summed E-state index contributed by atoms with van der Waals surface area (Å²) in [5, 5.41) is 0. The molecule has 2 aliphatic rings. The van der Waals surface area contributed by atoms with Crippen LogP contribution in [0.15, 0.2) is 74.9 Å². The summed E-state index contributed by atoms with van der Waals surface area (Å²) in [4.78, 5) is 25.8. The summed E-state index contributed by atoms with van der Waals surface area (Å²) < 4.78 is 0.941. The molecule has 0 spiro atoms. The number of hydrogen-bond acceptors (Lipinski definition) is 4. The van der Waals surface area contributed by atoms with E-state index >= 15 is 0 Å². The minimum atomic E-state index is -0.123. The predicted molar refractivity (Wildman–Crippen MR) is 108 cm³/mol. The smallest absolute Gasteiger partial charge is 0.284 e. The van der Waals surface area contributed by atoms with E-state index in [1.165, 1.54) is 0 Å². The van der Waals surface area contributed by atoms with Gasteiger partial charge in [0.25, 0.3) is 5.91 Å². The SMILES string of the molecule is CN(C)/C=C1\N=C2CN=C(c3ccccc3)c3cc(Br)ccc3N2C1=O. The molecule has 0 atom stereocenters. The van der Waals surface area contributed by atoms with Crippen LogP contribution in [0.1, 0.15) is 11.1 Å². The highest BCUT2D eigenvalue weighted by Gasteiger charge is 2.35. The van der Waals surface area contributed by atoms with Crippen LogP contribution in [0.25, 0.3) is 0 Å². The second-order valence-corrected chi connectivity index (χ2v) is 7.25. The van der Waals surface area contributed by atoms with Crippen LogP contribution in [0, 0.1) is 0 Å². The van der Waals surface area contributed by atoms with E-state index in [2.05, 4.69) is 20.9 Å². The number of halogens is 1. The summed E-state index contributed by atoms with van der Waals surface area (Å²) in [5.41, 5.74) is 4.03. The van der Waals surface area contributed by atoms with E-state index in [0.717, 1.165) is 27.0 Å². The van der Waals surface area contributed by atoms with Gasteiger partial charge in [0.2, 0.25) is 0 Å². The van der Waals surface area contributed by atoms with Crippen molar-refractivity contribution in [3.8, 4) is 0 Å². The van der Waals surface area contributed by atoms with Crippen molar-refractivity contribution < 1.29 is 4.79 Å². The first-order valence-corrected chi connectivity index (χ1v) is 9.04. The molecule has 6 heteroatoms. The number of aliphatic imine (C=N–C) groups is 2. The first-order chi connectivity index (χ1) is 12.5. The quantitative estimate of drug-likeness (QED) is 0.714. The second kappa shape index (κ2) is 6.53. The van der Waals surface area contributed by atoms with E-state index in [0.29, 0.717) is 18.1 Å². The maximum Gasteiger partial charge on any atom is 0.284 e. The number of rotatable bonds is 2. The lowest BCUT2D eigenvalue weighted by Crippen LogP contribution is -2.33. The zero-order valence-electron chi connectivity index (χ0n) is 14.5. The van der Waals surface area contributed by atoms with Crippen LogP contribution in [0.4, 0.5) is 5.69 Å². The van der Waals surface area contributed by atoms with Gasteiger partial charge in [0.05, 0.1) is 17.9 Å². The Morgan fingerprint density at radius 1 is 1.15 bits per heavy atom. The maximum atomic E-state index is 13.0. The molecule has 4 rings (SSSR count). The Hall–Kier alpha value is -2.73. The van der Waals surface area contributed by atoms with Crippen LogP contribution in [0.5, 0.6) is 0 Å².